The fourth-order valence-corrected chi connectivity index (χ4v) is 3.57. The molecule has 0 saturated heterocycles. The maximum Gasteiger partial charge on any atom is 0.0870 e. The Balaban J connectivity index is 2.01. The summed E-state index contributed by atoms with van der Waals surface area (Å²) in [4.78, 5) is 4.43. The third kappa shape index (κ3) is 2.56. The second kappa shape index (κ2) is 5.74. The predicted molar refractivity (Wildman–Crippen MR) is 86.0 cm³/mol. The Morgan fingerprint density at radius 2 is 2.00 bits per heavy atom. The number of aromatic nitrogens is 1. The van der Waals surface area contributed by atoms with Gasteiger partial charge in [-0.2, -0.15) is 0 Å². The van der Waals surface area contributed by atoms with Gasteiger partial charge in [-0.05, 0) is 49.3 Å². The van der Waals surface area contributed by atoms with Crippen LogP contribution in [0.3, 0.4) is 0 Å². The van der Waals surface area contributed by atoms with E-state index in [-0.39, 0.29) is 11.6 Å². The Kier molecular flexibility index (Phi) is 3.96. The topological polar surface area (TPSA) is 48.1 Å². The van der Waals surface area contributed by atoms with Crippen LogP contribution in [-0.4, -0.2) is 17.7 Å². The average Bonchev–Trinajstić information content (AvgIpc) is 2.55. The number of ether oxygens (including phenoxy) is 1. The number of nitrogens with two attached hydrogens (primary N) is 1. The first-order valence-electron chi connectivity index (χ1n) is 7.81. The zero-order chi connectivity index (χ0) is 14.9. The van der Waals surface area contributed by atoms with Crippen LogP contribution in [0.1, 0.15) is 44.2 Å². The van der Waals surface area contributed by atoms with Gasteiger partial charge in [0.05, 0.1) is 17.2 Å². The smallest absolute Gasteiger partial charge is 0.0870 e. The highest BCUT2D eigenvalue weighted by Crippen LogP contribution is 2.42. The summed E-state index contributed by atoms with van der Waals surface area (Å²) in [6.45, 7) is 2.31. The molecule has 1 aliphatic rings. The molecule has 0 radical (unpaired) electrons. The van der Waals surface area contributed by atoms with Gasteiger partial charge in [-0.1, -0.05) is 25.1 Å². The zero-order valence-electron chi connectivity index (χ0n) is 12.9. The number of pyridine rings is 1. The highest BCUT2D eigenvalue weighted by atomic mass is 16.5. The van der Waals surface area contributed by atoms with Gasteiger partial charge in [-0.15, -0.1) is 0 Å². The summed E-state index contributed by atoms with van der Waals surface area (Å²) in [5.74, 6) is 0.773. The monoisotopic (exact) mass is 284 g/mol. The lowest BCUT2D eigenvalue weighted by Crippen LogP contribution is -2.45. The van der Waals surface area contributed by atoms with E-state index in [0.717, 1.165) is 35.2 Å². The molecule has 1 saturated carbocycles. The summed E-state index contributed by atoms with van der Waals surface area (Å²) in [6.07, 6.45) is 6.26. The van der Waals surface area contributed by atoms with Crippen LogP contribution in [0, 0.1) is 5.92 Å². The summed E-state index contributed by atoms with van der Waals surface area (Å²) >= 11 is 0. The van der Waals surface area contributed by atoms with Crippen LogP contribution in [0.2, 0.25) is 0 Å². The molecule has 1 heterocycles. The molecule has 3 heteroatoms. The number of benzene rings is 1. The van der Waals surface area contributed by atoms with Crippen molar-refractivity contribution in [1.29, 1.82) is 0 Å². The van der Waals surface area contributed by atoms with Crippen molar-refractivity contribution in [3.63, 3.8) is 0 Å². The number of nitrogens with zero attached hydrogens (tertiary/aromatic N) is 1. The molecule has 3 nitrogen and oxygen atoms in total. The fourth-order valence-electron chi connectivity index (χ4n) is 3.57. The van der Waals surface area contributed by atoms with E-state index in [4.69, 9.17) is 10.5 Å². The number of rotatable bonds is 3. The van der Waals surface area contributed by atoms with Crippen LogP contribution in [0.5, 0.6) is 0 Å². The predicted octanol–water partition coefficient (Wildman–Crippen LogP) is 3.83. The van der Waals surface area contributed by atoms with E-state index in [1.54, 1.807) is 7.11 Å². The fraction of sp³-hybridized carbons (Fsp3) is 0.500. The largest absolute Gasteiger partial charge is 0.376 e. The minimum Gasteiger partial charge on any atom is -0.376 e. The highest BCUT2D eigenvalue weighted by Gasteiger charge is 2.40. The van der Waals surface area contributed by atoms with E-state index >= 15 is 0 Å². The number of hydrogen-bond acceptors (Lipinski definition) is 3. The lowest BCUT2D eigenvalue weighted by Gasteiger charge is -2.43. The molecule has 1 aromatic heterocycles. The van der Waals surface area contributed by atoms with Crippen molar-refractivity contribution in [2.75, 3.05) is 7.11 Å². The van der Waals surface area contributed by atoms with Crippen molar-refractivity contribution in [2.24, 2.45) is 11.7 Å². The molecule has 0 spiro atoms. The second-order valence-corrected chi connectivity index (χ2v) is 6.35. The summed E-state index contributed by atoms with van der Waals surface area (Å²) < 4.78 is 5.95. The molecule has 3 rings (SSSR count). The van der Waals surface area contributed by atoms with E-state index in [1.807, 2.05) is 24.4 Å². The Hall–Kier alpha value is -1.45. The molecule has 1 fully saturated rings. The first-order chi connectivity index (χ1) is 10.2. The number of methoxy groups -OCH3 is 1. The Labute approximate surface area is 126 Å². The van der Waals surface area contributed by atoms with E-state index in [9.17, 15) is 0 Å². The Morgan fingerprint density at radius 1 is 1.24 bits per heavy atom. The summed E-state index contributed by atoms with van der Waals surface area (Å²) in [6, 6.07) is 10.2. The normalized spacial score (nSPS) is 27.7. The highest BCUT2D eigenvalue weighted by molar-refractivity contribution is 5.82. The van der Waals surface area contributed by atoms with Crippen molar-refractivity contribution in [3.8, 4) is 0 Å². The van der Waals surface area contributed by atoms with Crippen molar-refractivity contribution in [2.45, 2.75) is 44.2 Å². The van der Waals surface area contributed by atoms with Crippen LogP contribution in [0.4, 0.5) is 0 Å². The van der Waals surface area contributed by atoms with Crippen molar-refractivity contribution in [3.05, 3.63) is 42.1 Å². The number of fused-ring (bicyclic) bond motifs is 1. The van der Waals surface area contributed by atoms with E-state index < -0.39 is 0 Å². The van der Waals surface area contributed by atoms with Gasteiger partial charge in [-0.25, -0.2) is 0 Å². The van der Waals surface area contributed by atoms with Crippen LogP contribution in [-0.2, 0) is 4.74 Å². The molecule has 1 aromatic carbocycles. The molecule has 112 valence electrons. The van der Waals surface area contributed by atoms with Gasteiger partial charge in [-0.3, -0.25) is 4.98 Å². The Bertz CT molecular complexity index is 612. The zero-order valence-corrected chi connectivity index (χ0v) is 12.9. The van der Waals surface area contributed by atoms with E-state index in [2.05, 4.69) is 24.0 Å². The SMILES string of the molecule is COC1(C(N)c2cccc3ncccc23)CCC(C)CC1. The van der Waals surface area contributed by atoms with Crippen molar-refractivity contribution in [1.82, 2.24) is 4.98 Å². The average molecular weight is 284 g/mol. The van der Waals surface area contributed by atoms with Gasteiger partial charge in [0.25, 0.3) is 0 Å². The summed E-state index contributed by atoms with van der Waals surface area (Å²) in [5.41, 5.74) is 8.59. The quantitative estimate of drug-likeness (QED) is 0.931. The molecule has 0 amide bonds. The van der Waals surface area contributed by atoms with Crippen LogP contribution in [0.15, 0.2) is 36.5 Å². The Morgan fingerprint density at radius 3 is 2.71 bits per heavy atom. The molecule has 2 N–H and O–H groups in total. The second-order valence-electron chi connectivity index (χ2n) is 6.35. The summed E-state index contributed by atoms with van der Waals surface area (Å²) in [5, 5.41) is 1.14. The molecule has 1 aliphatic carbocycles. The number of hydrogen-bond donors (Lipinski definition) is 1. The van der Waals surface area contributed by atoms with Gasteiger partial charge in [0.15, 0.2) is 0 Å². The molecular weight excluding hydrogens is 260 g/mol. The minimum atomic E-state index is -0.239. The minimum absolute atomic E-state index is 0.108. The van der Waals surface area contributed by atoms with Crippen molar-refractivity contribution >= 4 is 10.9 Å². The standard InChI is InChI=1S/C18H24N2O/c1-13-8-10-18(21-2,11-9-13)17(19)15-5-3-7-16-14(15)6-4-12-20-16/h3-7,12-13,17H,8-11,19H2,1-2H3. The molecular formula is C18H24N2O. The van der Waals surface area contributed by atoms with Gasteiger partial charge < -0.3 is 10.5 Å². The maximum atomic E-state index is 6.67. The summed E-state index contributed by atoms with van der Waals surface area (Å²) in [7, 11) is 1.80. The van der Waals surface area contributed by atoms with E-state index in [1.165, 1.54) is 12.8 Å². The van der Waals surface area contributed by atoms with Crippen LogP contribution >= 0.6 is 0 Å². The lowest BCUT2D eigenvalue weighted by atomic mass is 9.73. The third-order valence-electron chi connectivity index (χ3n) is 5.11. The maximum absolute atomic E-state index is 6.67. The van der Waals surface area contributed by atoms with Crippen molar-refractivity contribution < 1.29 is 4.74 Å². The van der Waals surface area contributed by atoms with Gasteiger partial charge in [0.1, 0.15) is 0 Å². The first-order valence-corrected chi connectivity index (χ1v) is 7.81. The molecule has 1 atom stereocenters. The third-order valence-corrected chi connectivity index (χ3v) is 5.11. The van der Waals surface area contributed by atoms with Gasteiger partial charge in [0, 0.05) is 18.7 Å². The lowest BCUT2D eigenvalue weighted by molar-refractivity contribution is -0.0669. The van der Waals surface area contributed by atoms with Gasteiger partial charge in [0.2, 0.25) is 0 Å². The molecule has 2 aromatic rings. The first kappa shape index (κ1) is 14.5. The molecule has 1 unspecified atom stereocenters. The van der Waals surface area contributed by atoms with Gasteiger partial charge >= 0.3 is 0 Å². The van der Waals surface area contributed by atoms with Crippen LogP contribution < -0.4 is 5.73 Å². The molecule has 0 bridgehead atoms. The van der Waals surface area contributed by atoms with E-state index in [0.29, 0.717) is 0 Å². The molecule has 0 aliphatic heterocycles. The molecule has 21 heavy (non-hydrogen) atoms. The van der Waals surface area contributed by atoms with Crippen LogP contribution in [0.25, 0.3) is 10.9 Å².